The molecule has 0 aliphatic rings. The summed E-state index contributed by atoms with van der Waals surface area (Å²) < 4.78 is 4.93. The highest BCUT2D eigenvalue weighted by molar-refractivity contribution is 5.69. The lowest BCUT2D eigenvalue weighted by molar-refractivity contribution is -0.152. The predicted octanol–water partition coefficient (Wildman–Crippen LogP) is 2.80. The molecule has 0 heterocycles. The van der Waals surface area contributed by atoms with Crippen LogP contribution in [-0.2, 0) is 9.53 Å². The lowest BCUT2D eigenvalue weighted by Crippen LogP contribution is -2.39. The van der Waals surface area contributed by atoms with Crippen molar-refractivity contribution in [3.63, 3.8) is 0 Å². The van der Waals surface area contributed by atoms with E-state index < -0.39 is 11.7 Å². The van der Waals surface area contributed by atoms with Crippen molar-refractivity contribution in [1.29, 1.82) is 0 Å². The molecule has 1 atom stereocenters. The Bertz CT molecular complexity index is 233. The van der Waals surface area contributed by atoms with E-state index in [4.69, 9.17) is 4.74 Å². The molecule has 4 nitrogen and oxygen atoms in total. The first kappa shape index (κ1) is 18.4. The van der Waals surface area contributed by atoms with Gasteiger partial charge in [-0.3, -0.25) is 4.79 Å². The van der Waals surface area contributed by atoms with E-state index >= 15 is 0 Å². The number of carbonyl (C=O) groups is 1. The van der Waals surface area contributed by atoms with Gasteiger partial charge in [-0.1, -0.05) is 45.4 Å². The fourth-order valence-electron chi connectivity index (χ4n) is 1.67. The van der Waals surface area contributed by atoms with E-state index in [1.807, 2.05) is 0 Å². The smallest absolute Gasteiger partial charge is 0.305 e. The van der Waals surface area contributed by atoms with E-state index in [0.717, 1.165) is 12.8 Å². The maximum atomic E-state index is 11.4. The Kier molecular flexibility index (Phi) is 9.88. The summed E-state index contributed by atoms with van der Waals surface area (Å²) >= 11 is 0. The highest BCUT2D eigenvalue weighted by atomic mass is 16.5. The van der Waals surface area contributed by atoms with Gasteiger partial charge < -0.3 is 14.9 Å². The molecule has 4 heteroatoms. The lowest BCUT2D eigenvalue weighted by atomic mass is 10.0. The van der Waals surface area contributed by atoms with E-state index in [-0.39, 0.29) is 12.6 Å². The van der Waals surface area contributed by atoms with Crippen LogP contribution in [0, 0.1) is 0 Å². The Morgan fingerprint density at radius 1 is 1.11 bits per heavy atom. The minimum atomic E-state index is -1.24. The third-order valence-electron chi connectivity index (χ3n) is 3.20. The molecule has 0 aliphatic carbocycles. The zero-order valence-corrected chi connectivity index (χ0v) is 12.7. The van der Waals surface area contributed by atoms with Gasteiger partial charge in [0.2, 0.25) is 0 Å². The fraction of sp³-hybridized carbons (Fsp3) is 0.933. The Morgan fingerprint density at radius 2 is 1.63 bits per heavy atom. The molecule has 0 amide bonds. The van der Waals surface area contributed by atoms with Crippen molar-refractivity contribution in [2.24, 2.45) is 0 Å². The molecule has 0 rings (SSSR count). The van der Waals surface area contributed by atoms with Gasteiger partial charge in [0, 0.05) is 6.42 Å². The Balaban J connectivity index is 3.45. The summed E-state index contributed by atoms with van der Waals surface area (Å²) in [6.45, 7) is 5.03. The van der Waals surface area contributed by atoms with Gasteiger partial charge in [-0.15, -0.1) is 0 Å². The molecule has 0 radical (unpaired) electrons. The summed E-state index contributed by atoms with van der Waals surface area (Å²) in [7, 11) is 0. The minimum Gasteiger partial charge on any atom is -0.463 e. The van der Waals surface area contributed by atoms with Crippen molar-refractivity contribution in [3.05, 3.63) is 0 Å². The number of aliphatic hydroxyl groups is 2. The van der Waals surface area contributed by atoms with Crippen LogP contribution in [0.1, 0.15) is 72.1 Å². The van der Waals surface area contributed by atoms with Crippen LogP contribution in [0.2, 0.25) is 0 Å². The second kappa shape index (κ2) is 10.2. The van der Waals surface area contributed by atoms with Crippen LogP contribution < -0.4 is 0 Å². The summed E-state index contributed by atoms with van der Waals surface area (Å²) in [5.74, 6) is -0.295. The number of esters is 1. The molecule has 0 aromatic rings. The first-order chi connectivity index (χ1) is 8.88. The number of hydrogen-bond acceptors (Lipinski definition) is 4. The fourth-order valence-corrected chi connectivity index (χ4v) is 1.67. The monoisotopic (exact) mass is 274 g/mol. The predicted molar refractivity (Wildman–Crippen MR) is 75.9 cm³/mol. The summed E-state index contributed by atoms with van der Waals surface area (Å²) in [5.41, 5.74) is -1.24. The number of carbonyl (C=O) groups excluding carboxylic acids is 1. The van der Waals surface area contributed by atoms with Crippen molar-refractivity contribution in [2.45, 2.75) is 83.8 Å². The van der Waals surface area contributed by atoms with E-state index in [0.29, 0.717) is 6.42 Å². The molecule has 0 spiro atoms. The van der Waals surface area contributed by atoms with E-state index in [9.17, 15) is 15.0 Å². The molecule has 19 heavy (non-hydrogen) atoms. The van der Waals surface area contributed by atoms with Crippen LogP contribution in [-0.4, -0.2) is 34.5 Å². The van der Waals surface area contributed by atoms with E-state index in [1.165, 1.54) is 46.0 Å². The van der Waals surface area contributed by atoms with Gasteiger partial charge in [-0.05, 0) is 20.3 Å². The van der Waals surface area contributed by atoms with Gasteiger partial charge in [-0.2, -0.15) is 0 Å². The molecule has 0 aromatic carbocycles. The summed E-state index contributed by atoms with van der Waals surface area (Å²) in [5, 5.41) is 19.0. The number of hydrogen-bond donors (Lipinski definition) is 2. The Hall–Kier alpha value is -0.610. The first-order valence-corrected chi connectivity index (χ1v) is 7.44. The average Bonchev–Trinajstić information content (AvgIpc) is 2.33. The molecule has 114 valence electrons. The molecule has 0 aromatic heterocycles. The SMILES string of the molecule is CCCCCCCCCC(=O)OCC(O)C(C)(C)O. The standard InChI is InChI=1S/C15H30O4/c1-4-5-6-7-8-9-10-11-14(17)19-12-13(16)15(2,3)18/h13,16,18H,4-12H2,1-3H3. The number of unbranched alkanes of at least 4 members (excludes halogenated alkanes) is 6. The largest absolute Gasteiger partial charge is 0.463 e. The van der Waals surface area contributed by atoms with Crippen molar-refractivity contribution in [3.8, 4) is 0 Å². The zero-order valence-electron chi connectivity index (χ0n) is 12.7. The highest BCUT2D eigenvalue weighted by Gasteiger charge is 2.25. The quantitative estimate of drug-likeness (QED) is 0.449. The van der Waals surface area contributed by atoms with Crippen molar-refractivity contribution in [1.82, 2.24) is 0 Å². The van der Waals surface area contributed by atoms with Crippen molar-refractivity contribution >= 4 is 5.97 Å². The second-order valence-corrected chi connectivity index (χ2v) is 5.72. The molecule has 0 bridgehead atoms. The molecular formula is C15H30O4. The highest BCUT2D eigenvalue weighted by Crippen LogP contribution is 2.11. The summed E-state index contributed by atoms with van der Waals surface area (Å²) in [4.78, 5) is 11.4. The van der Waals surface area contributed by atoms with Crippen molar-refractivity contribution < 1.29 is 19.7 Å². The normalized spacial score (nSPS) is 13.3. The molecule has 1 unspecified atom stereocenters. The van der Waals surface area contributed by atoms with Crippen molar-refractivity contribution in [2.75, 3.05) is 6.61 Å². The molecular weight excluding hydrogens is 244 g/mol. The van der Waals surface area contributed by atoms with Gasteiger partial charge in [0.15, 0.2) is 0 Å². The van der Waals surface area contributed by atoms with Crippen LogP contribution >= 0.6 is 0 Å². The lowest BCUT2D eigenvalue weighted by Gasteiger charge is -2.23. The third-order valence-corrected chi connectivity index (χ3v) is 3.20. The molecule has 0 saturated carbocycles. The molecule has 0 aliphatic heterocycles. The van der Waals surface area contributed by atoms with Gasteiger partial charge in [0.05, 0.1) is 5.60 Å². The maximum Gasteiger partial charge on any atom is 0.305 e. The van der Waals surface area contributed by atoms with Gasteiger partial charge in [-0.25, -0.2) is 0 Å². The van der Waals surface area contributed by atoms with Crippen LogP contribution in [0.25, 0.3) is 0 Å². The number of aliphatic hydroxyl groups excluding tert-OH is 1. The van der Waals surface area contributed by atoms with Crippen LogP contribution in [0.15, 0.2) is 0 Å². The molecule has 0 fully saturated rings. The maximum absolute atomic E-state index is 11.4. The third kappa shape index (κ3) is 11.0. The number of ether oxygens (including phenoxy) is 1. The average molecular weight is 274 g/mol. The van der Waals surface area contributed by atoms with Gasteiger partial charge in [0.25, 0.3) is 0 Å². The Labute approximate surface area is 117 Å². The first-order valence-electron chi connectivity index (χ1n) is 7.44. The number of rotatable bonds is 11. The van der Waals surface area contributed by atoms with Gasteiger partial charge >= 0.3 is 5.97 Å². The molecule has 0 saturated heterocycles. The zero-order chi connectivity index (χ0) is 14.7. The summed E-state index contributed by atoms with van der Waals surface area (Å²) in [6.07, 6.45) is 7.46. The minimum absolute atomic E-state index is 0.140. The van der Waals surface area contributed by atoms with Crippen LogP contribution in [0.3, 0.4) is 0 Å². The van der Waals surface area contributed by atoms with Gasteiger partial charge in [0.1, 0.15) is 12.7 Å². The van der Waals surface area contributed by atoms with Crippen LogP contribution in [0.5, 0.6) is 0 Å². The Morgan fingerprint density at radius 3 is 2.16 bits per heavy atom. The second-order valence-electron chi connectivity index (χ2n) is 5.72. The van der Waals surface area contributed by atoms with E-state index in [2.05, 4.69) is 6.92 Å². The topological polar surface area (TPSA) is 66.8 Å². The summed E-state index contributed by atoms with van der Waals surface area (Å²) in [6, 6.07) is 0. The van der Waals surface area contributed by atoms with Crippen LogP contribution in [0.4, 0.5) is 0 Å². The molecule has 2 N–H and O–H groups in total. The van der Waals surface area contributed by atoms with E-state index in [1.54, 1.807) is 0 Å².